The van der Waals surface area contributed by atoms with Crippen LogP contribution in [-0.4, -0.2) is 37.1 Å². The van der Waals surface area contributed by atoms with Crippen molar-refractivity contribution in [1.82, 2.24) is 9.88 Å². The summed E-state index contributed by atoms with van der Waals surface area (Å²) in [5.41, 5.74) is 1.14. The Morgan fingerprint density at radius 2 is 2.00 bits per heavy atom. The Kier molecular flexibility index (Phi) is 4.12. The summed E-state index contributed by atoms with van der Waals surface area (Å²) in [6.07, 6.45) is 1.82. The molecule has 0 N–H and O–H groups in total. The van der Waals surface area contributed by atoms with E-state index in [-0.39, 0.29) is 0 Å². The van der Waals surface area contributed by atoms with Gasteiger partial charge in [-0.15, -0.1) is 11.3 Å². The molecule has 0 radical (unpaired) electrons. The number of thiazole rings is 1. The Bertz CT molecular complexity index is 437. The molecule has 0 bridgehead atoms. The van der Waals surface area contributed by atoms with E-state index in [1.807, 2.05) is 49.9 Å². The molecule has 0 aliphatic carbocycles. The third kappa shape index (κ3) is 3.54. The largest absolute Gasteiger partial charge is 0.492 e. The van der Waals surface area contributed by atoms with Gasteiger partial charge in [0.25, 0.3) is 0 Å². The zero-order valence-electron chi connectivity index (χ0n) is 10.1. The van der Waals surface area contributed by atoms with Gasteiger partial charge >= 0.3 is 0 Å². The van der Waals surface area contributed by atoms with Crippen LogP contribution in [0.1, 0.15) is 0 Å². The van der Waals surface area contributed by atoms with Crippen LogP contribution in [0.4, 0.5) is 0 Å². The van der Waals surface area contributed by atoms with E-state index in [2.05, 4.69) is 9.88 Å². The lowest BCUT2D eigenvalue weighted by molar-refractivity contribution is 0.261. The molecule has 1 heterocycles. The van der Waals surface area contributed by atoms with E-state index in [9.17, 15) is 0 Å². The van der Waals surface area contributed by atoms with Crippen LogP contribution in [0.15, 0.2) is 35.8 Å². The predicted octanol–water partition coefficient (Wildman–Crippen LogP) is 2.75. The zero-order valence-corrected chi connectivity index (χ0v) is 10.9. The van der Waals surface area contributed by atoms with Gasteiger partial charge in [0.15, 0.2) is 0 Å². The maximum atomic E-state index is 5.63. The topological polar surface area (TPSA) is 25.4 Å². The Hall–Kier alpha value is -1.39. The van der Waals surface area contributed by atoms with Crippen LogP contribution in [-0.2, 0) is 0 Å². The quantitative estimate of drug-likeness (QED) is 0.813. The molecule has 0 aliphatic rings. The van der Waals surface area contributed by atoms with E-state index in [1.165, 1.54) is 0 Å². The van der Waals surface area contributed by atoms with Gasteiger partial charge in [-0.05, 0) is 38.4 Å². The van der Waals surface area contributed by atoms with E-state index < -0.39 is 0 Å². The zero-order chi connectivity index (χ0) is 12.1. The highest BCUT2D eigenvalue weighted by atomic mass is 32.1. The molecule has 0 spiro atoms. The second kappa shape index (κ2) is 5.80. The number of hydrogen-bond donors (Lipinski definition) is 0. The lowest BCUT2D eigenvalue weighted by atomic mass is 10.2. The molecule has 0 saturated heterocycles. The average molecular weight is 248 g/mol. The van der Waals surface area contributed by atoms with Crippen molar-refractivity contribution >= 4 is 11.3 Å². The molecule has 3 nitrogen and oxygen atoms in total. The van der Waals surface area contributed by atoms with Crippen molar-refractivity contribution < 1.29 is 4.74 Å². The highest BCUT2D eigenvalue weighted by molar-refractivity contribution is 7.13. The van der Waals surface area contributed by atoms with Crippen LogP contribution in [0.3, 0.4) is 0 Å². The summed E-state index contributed by atoms with van der Waals surface area (Å²) in [5, 5.41) is 3.03. The van der Waals surface area contributed by atoms with E-state index in [0.29, 0.717) is 6.61 Å². The Labute approximate surface area is 106 Å². The van der Waals surface area contributed by atoms with E-state index in [0.717, 1.165) is 22.9 Å². The second-order valence-electron chi connectivity index (χ2n) is 4.01. The van der Waals surface area contributed by atoms with Gasteiger partial charge in [-0.1, -0.05) is 0 Å². The minimum Gasteiger partial charge on any atom is -0.492 e. The number of nitrogens with zero attached hydrogens (tertiary/aromatic N) is 2. The van der Waals surface area contributed by atoms with Gasteiger partial charge in [0, 0.05) is 23.7 Å². The summed E-state index contributed by atoms with van der Waals surface area (Å²) in [6.45, 7) is 1.64. The fourth-order valence-electron chi connectivity index (χ4n) is 1.41. The molecule has 0 amide bonds. The number of benzene rings is 1. The van der Waals surface area contributed by atoms with Crippen LogP contribution >= 0.6 is 11.3 Å². The van der Waals surface area contributed by atoms with Gasteiger partial charge < -0.3 is 9.64 Å². The van der Waals surface area contributed by atoms with Crippen LogP contribution in [0, 0.1) is 0 Å². The third-order valence-electron chi connectivity index (χ3n) is 2.34. The van der Waals surface area contributed by atoms with Crippen LogP contribution < -0.4 is 4.74 Å². The third-order valence-corrected chi connectivity index (χ3v) is 3.16. The lowest BCUT2D eigenvalue weighted by Gasteiger charge is -2.11. The van der Waals surface area contributed by atoms with Gasteiger partial charge in [0.05, 0.1) is 0 Å². The fourth-order valence-corrected chi connectivity index (χ4v) is 2.05. The molecule has 0 fully saturated rings. The molecule has 0 saturated carbocycles. The van der Waals surface area contributed by atoms with E-state index in [4.69, 9.17) is 4.74 Å². The van der Waals surface area contributed by atoms with Crippen molar-refractivity contribution in [2.75, 3.05) is 27.2 Å². The van der Waals surface area contributed by atoms with E-state index >= 15 is 0 Å². The highest BCUT2D eigenvalue weighted by Gasteiger charge is 2.00. The van der Waals surface area contributed by atoms with Gasteiger partial charge in [-0.2, -0.15) is 0 Å². The van der Waals surface area contributed by atoms with E-state index in [1.54, 1.807) is 11.3 Å². The van der Waals surface area contributed by atoms with Crippen molar-refractivity contribution in [3.8, 4) is 16.3 Å². The summed E-state index contributed by atoms with van der Waals surface area (Å²) >= 11 is 1.65. The lowest BCUT2D eigenvalue weighted by Crippen LogP contribution is -2.19. The number of ether oxygens (including phenoxy) is 1. The normalized spacial score (nSPS) is 10.8. The van der Waals surface area contributed by atoms with Crippen molar-refractivity contribution in [3.63, 3.8) is 0 Å². The Morgan fingerprint density at radius 1 is 1.24 bits per heavy atom. The maximum absolute atomic E-state index is 5.63. The number of likely N-dealkylation sites (N-methyl/N-ethyl adjacent to an activating group) is 1. The summed E-state index contributed by atoms with van der Waals surface area (Å²) in [4.78, 5) is 6.37. The molecule has 0 atom stereocenters. The molecular weight excluding hydrogens is 232 g/mol. The first-order valence-corrected chi connectivity index (χ1v) is 6.41. The maximum Gasteiger partial charge on any atom is 0.123 e. The minimum absolute atomic E-state index is 0.712. The highest BCUT2D eigenvalue weighted by Crippen LogP contribution is 2.23. The molecule has 1 aromatic heterocycles. The van der Waals surface area contributed by atoms with Crippen LogP contribution in [0.25, 0.3) is 10.6 Å². The monoisotopic (exact) mass is 248 g/mol. The standard InChI is InChI=1S/C13H16N2OS/c1-15(2)8-9-16-12-5-3-11(4-6-12)13-14-7-10-17-13/h3-7,10H,8-9H2,1-2H3. The molecule has 4 heteroatoms. The summed E-state index contributed by atoms with van der Waals surface area (Å²) < 4.78 is 5.63. The fraction of sp³-hybridized carbons (Fsp3) is 0.308. The molecule has 90 valence electrons. The van der Waals surface area contributed by atoms with Crippen molar-refractivity contribution in [3.05, 3.63) is 35.8 Å². The summed E-state index contributed by atoms with van der Waals surface area (Å²) in [7, 11) is 4.07. The molecule has 2 rings (SSSR count). The van der Waals surface area contributed by atoms with Crippen LogP contribution in [0.2, 0.25) is 0 Å². The van der Waals surface area contributed by atoms with Gasteiger partial charge in [-0.25, -0.2) is 4.98 Å². The first-order chi connectivity index (χ1) is 8.25. The second-order valence-corrected chi connectivity index (χ2v) is 4.91. The molecule has 2 aromatic rings. The SMILES string of the molecule is CN(C)CCOc1ccc(-c2nccs2)cc1. The molecule has 0 aliphatic heterocycles. The number of aromatic nitrogens is 1. The van der Waals surface area contributed by atoms with Gasteiger partial charge in [0.2, 0.25) is 0 Å². The van der Waals surface area contributed by atoms with Crippen molar-refractivity contribution in [2.45, 2.75) is 0 Å². The van der Waals surface area contributed by atoms with Gasteiger partial charge in [-0.3, -0.25) is 0 Å². The molecule has 1 aromatic carbocycles. The number of rotatable bonds is 5. The smallest absolute Gasteiger partial charge is 0.123 e. The van der Waals surface area contributed by atoms with Crippen molar-refractivity contribution in [1.29, 1.82) is 0 Å². The summed E-state index contributed by atoms with van der Waals surface area (Å²) in [6, 6.07) is 8.08. The van der Waals surface area contributed by atoms with Crippen molar-refractivity contribution in [2.24, 2.45) is 0 Å². The number of hydrogen-bond acceptors (Lipinski definition) is 4. The average Bonchev–Trinajstić information content (AvgIpc) is 2.83. The van der Waals surface area contributed by atoms with Crippen LogP contribution in [0.5, 0.6) is 5.75 Å². The molecular formula is C13H16N2OS. The molecule has 0 unspecified atom stereocenters. The Balaban J connectivity index is 1.94. The first kappa shape index (κ1) is 12.1. The first-order valence-electron chi connectivity index (χ1n) is 5.53. The van der Waals surface area contributed by atoms with Gasteiger partial charge in [0.1, 0.15) is 17.4 Å². The molecule has 17 heavy (non-hydrogen) atoms. The predicted molar refractivity (Wildman–Crippen MR) is 71.6 cm³/mol. The minimum atomic E-state index is 0.712. The summed E-state index contributed by atoms with van der Waals surface area (Å²) in [5.74, 6) is 0.909. The Morgan fingerprint density at radius 3 is 2.59 bits per heavy atom.